The van der Waals surface area contributed by atoms with Gasteiger partial charge in [-0.2, -0.15) is 5.10 Å². The Kier molecular flexibility index (Phi) is 5.77. The van der Waals surface area contributed by atoms with Gasteiger partial charge in [-0.05, 0) is 59.7 Å². The van der Waals surface area contributed by atoms with E-state index in [1.807, 2.05) is 71.7 Å². The highest BCUT2D eigenvalue weighted by atomic mass is 32.2. The van der Waals surface area contributed by atoms with Crippen molar-refractivity contribution in [1.82, 2.24) is 0 Å². The number of nitrogens with one attached hydrogen (secondary N) is 1. The number of benzene rings is 4. The van der Waals surface area contributed by atoms with E-state index < -0.39 is 10.0 Å². The number of nitrogens with zero attached hydrogens (tertiary/aromatic N) is 2. The standard InChI is InChI=1S/C27H24N4O2S/c28-22-11-7-10-21(17-22)27-19-26(29-31(27)24-14-5-2-6-15-24)20-9-8-16-25(18-20)34(32,33)30-23-12-3-1-4-13-23/h1-18,27,30H,19,28H2. The summed E-state index contributed by atoms with van der Waals surface area (Å²) in [5, 5.41) is 6.90. The Hall–Kier alpha value is -4.10. The van der Waals surface area contributed by atoms with Gasteiger partial charge in [-0.25, -0.2) is 8.42 Å². The van der Waals surface area contributed by atoms with Crippen LogP contribution < -0.4 is 15.5 Å². The smallest absolute Gasteiger partial charge is 0.261 e. The molecule has 1 aliphatic rings. The first-order valence-corrected chi connectivity index (χ1v) is 12.4. The van der Waals surface area contributed by atoms with Crippen molar-refractivity contribution in [3.05, 3.63) is 120 Å². The van der Waals surface area contributed by atoms with E-state index in [0.29, 0.717) is 17.8 Å². The second kappa shape index (κ2) is 9.03. The number of hydrogen-bond acceptors (Lipinski definition) is 5. The van der Waals surface area contributed by atoms with Crippen LogP contribution in [0, 0.1) is 0 Å². The van der Waals surface area contributed by atoms with Gasteiger partial charge in [0, 0.05) is 17.8 Å². The Bertz CT molecular complexity index is 1440. The van der Waals surface area contributed by atoms with E-state index in [-0.39, 0.29) is 10.9 Å². The molecule has 170 valence electrons. The molecule has 0 amide bonds. The number of hydrazone groups is 1. The molecule has 1 unspecified atom stereocenters. The average Bonchev–Trinajstić information content (AvgIpc) is 3.31. The molecule has 3 N–H and O–H groups in total. The lowest BCUT2D eigenvalue weighted by atomic mass is 9.98. The SMILES string of the molecule is Nc1cccc(C2CC(c3cccc(S(=O)(=O)Nc4ccccc4)c3)=NN2c2ccccc2)c1. The van der Waals surface area contributed by atoms with Crippen LogP contribution in [0.3, 0.4) is 0 Å². The van der Waals surface area contributed by atoms with Gasteiger partial charge >= 0.3 is 0 Å². The number of para-hydroxylation sites is 2. The monoisotopic (exact) mass is 468 g/mol. The van der Waals surface area contributed by atoms with Crippen molar-refractivity contribution >= 4 is 32.8 Å². The number of nitrogen functional groups attached to an aromatic ring is 1. The molecule has 0 bridgehead atoms. The van der Waals surface area contributed by atoms with Gasteiger partial charge in [0.05, 0.1) is 22.3 Å². The highest BCUT2D eigenvalue weighted by molar-refractivity contribution is 7.92. The number of sulfonamides is 1. The van der Waals surface area contributed by atoms with E-state index in [4.69, 9.17) is 10.8 Å². The first-order valence-electron chi connectivity index (χ1n) is 11.0. The molecule has 1 aliphatic heterocycles. The summed E-state index contributed by atoms with van der Waals surface area (Å²) in [6.45, 7) is 0. The molecule has 0 radical (unpaired) electrons. The van der Waals surface area contributed by atoms with Crippen molar-refractivity contribution in [3.63, 3.8) is 0 Å². The summed E-state index contributed by atoms with van der Waals surface area (Å²) < 4.78 is 28.6. The van der Waals surface area contributed by atoms with Crippen LogP contribution in [-0.2, 0) is 10.0 Å². The fourth-order valence-corrected chi connectivity index (χ4v) is 5.20. The number of rotatable bonds is 6. The third-order valence-corrected chi connectivity index (χ3v) is 7.11. The fourth-order valence-electron chi connectivity index (χ4n) is 4.09. The molecule has 0 saturated carbocycles. The van der Waals surface area contributed by atoms with E-state index >= 15 is 0 Å². The van der Waals surface area contributed by atoms with E-state index in [1.165, 1.54) is 0 Å². The molecule has 0 spiro atoms. The largest absolute Gasteiger partial charge is 0.399 e. The Labute approximate surface area is 199 Å². The van der Waals surface area contributed by atoms with Gasteiger partial charge < -0.3 is 5.73 Å². The van der Waals surface area contributed by atoms with Crippen molar-refractivity contribution in [1.29, 1.82) is 0 Å². The number of hydrogen-bond donors (Lipinski definition) is 2. The summed E-state index contributed by atoms with van der Waals surface area (Å²) in [5.41, 5.74) is 10.9. The minimum Gasteiger partial charge on any atom is -0.399 e. The maximum Gasteiger partial charge on any atom is 0.261 e. The minimum atomic E-state index is -3.74. The molecule has 6 nitrogen and oxygen atoms in total. The summed E-state index contributed by atoms with van der Waals surface area (Å²) in [4.78, 5) is 0.190. The van der Waals surface area contributed by atoms with Crippen LogP contribution in [0.4, 0.5) is 17.1 Å². The second-order valence-corrected chi connectivity index (χ2v) is 9.80. The van der Waals surface area contributed by atoms with Crippen LogP contribution in [0.1, 0.15) is 23.6 Å². The van der Waals surface area contributed by atoms with Crippen molar-refractivity contribution in [2.75, 3.05) is 15.5 Å². The first-order chi connectivity index (χ1) is 16.5. The van der Waals surface area contributed by atoms with Crippen molar-refractivity contribution in [2.45, 2.75) is 17.4 Å². The highest BCUT2D eigenvalue weighted by Crippen LogP contribution is 2.37. The predicted molar refractivity (Wildman–Crippen MR) is 137 cm³/mol. The van der Waals surface area contributed by atoms with E-state index in [1.54, 1.807) is 42.5 Å². The summed E-state index contributed by atoms with van der Waals surface area (Å²) in [6, 6.07) is 33.4. The van der Waals surface area contributed by atoms with Crippen LogP contribution in [0.25, 0.3) is 0 Å². The van der Waals surface area contributed by atoms with E-state index in [0.717, 1.165) is 22.5 Å². The second-order valence-electron chi connectivity index (χ2n) is 8.12. The summed E-state index contributed by atoms with van der Waals surface area (Å²) in [7, 11) is -3.74. The van der Waals surface area contributed by atoms with Gasteiger partial charge in [0.1, 0.15) is 0 Å². The molecule has 0 saturated heterocycles. The van der Waals surface area contributed by atoms with Crippen LogP contribution in [0.5, 0.6) is 0 Å². The van der Waals surface area contributed by atoms with Crippen LogP contribution >= 0.6 is 0 Å². The summed E-state index contributed by atoms with van der Waals surface area (Å²) >= 11 is 0. The lowest BCUT2D eigenvalue weighted by Gasteiger charge is -2.24. The third-order valence-electron chi connectivity index (χ3n) is 5.73. The molecule has 1 atom stereocenters. The number of anilines is 3. The number of nitrogens with two attached hydrogens (primary N) is 1. The lowest BCUT2D eigenvalue weighted by molar-refractivity contribution is 0.601. The maximum atomic E-state index is 13.0. The van der Waals surface area contributed by atoms with Gasteiger partial charge in [0.2, 0.25) is 0 Å². The van der Waals surface area contributed by atoms with Crippen LogP contribution in [0.2, 0.25) is 0 Å². The summed E-state index contributed by atoms with van der Waals surface area (Å²) in [6.07, 6.45) is 0.619. The van der Waals surface area contributed by atoms with Gasteiger partial charge in [-0.1, -0.05) is 60.7 Å². The zero-order valence-corrected chi connectivity index (χ0v) is 19.2. The molecule has 0 fully saturated rings. The molecular weight excluding hydrogens is 444 g/mol. The van der Waals surface area contributed by atoms with Gasteiger partial charge in [-0.3, -0.25) is 9.73 Å². The quantitative estimate of drug-likeness (QED) is 0.370. The summed E-state index contributed by atoms with van der Waals surface area (Å²) in [5.74, 6) is 0. The first kappa shape index (κ1) is 21.7. The lowest BCUT2D eigenvalue weighted by Crippen LogP contribution is -2.18. The zero-order chi connectivity index (χ0) is 23.5. The van der Waals surface area contributed by atoms with Crippen molar-refractivity contribution in [2.24, 2.45) is 5.10 Å². The fraction of sp³-hybridized carbons (Fsp3) is 0.0741. The van der Waals surface area contributed by atoms with Crippen molar-refractivity contribution < 1.29 is 8.42 Å². The maximum absolute atomic E-state index is 13.0. The molecule has 5 rings (SSSR count). The molecule has 1 heterocycles. The highest BCUT2D eigenvalue weighted by Gasteiger charge is 2.30. The van der Waals surface area contributed by atoms with Gasteiger partial charge in [-0.15, -0.1) is 0 Å². The normalized spacial score (nSPS) is 15.7. The Balaban J connectivity index is 1.50. The molecule has 0 aromatic heterocycles. The molecular formula is C27H24N4O2S. The van der Waals surface area contributed by atoms with E-state index in [2.05, 4.69) is 4.72 Å². The van der Waals surface area contributed by atoms with Crippen molar-refractivity contribution in [3.8, 4) is 0 Å². The predicted octanol–water partition coefficient (Wildman–Crippen LogP) is 5.43. The molecule has 7 heteroatoms. The van der Waals surface area contributed by atoms with Gasteiger partial charge in [0.25, 0.3) is 10.0 Å². The molecule has 0 aliphatic carbocycles. The van der Waals surface area contributed by atoms with Crippen LogP contribution in [-0.4, -0.2) is 14.1 Å². The molecule has 34 heavy (non-hydrogen) atoms. The third kappa shape index (κ3) is 4.51. The molecule has 4 aromatic carbocycles. The molecule has 4 aromatic rings. The Morgan fingerprint density at radius 2 is 1.53 bits per heavy atom. The Morgan fingerprint density at radius 1 is 0.824 bits per heavy atom. The van der Waals surface area contributed by atoms with Crippen LogP contribution in [0.15, 0.2) is 119 Å². The topological polar surface area (TPSA) is 87.8 Å². The van der Waals surface area contributed by atoms with Gasteiger partial charge in [0.15, 0.2) is 0 Å². The average molecular weight is 469 g/mol. The Morgan fingerprint density at radius 3 is 2.26 bits per heavy atom. The van der Waals surface area contributed by atoms with E-state index in [9.17, 15) is 8.42 Å². The minimum absolute atomic E-state index is 0.0522. The zero-order valence-electron chi connectivity index (χ0n) is 18.4.